The number of hydrogen-bond acceptors (Lipinski definition) is 15. The SMILES string of the molecule is C/C(=C\[C@H](C(C)C)N(C)C(=O)C(NC(=O)C1CC(C)CCN1C)C(C)(C)C)C(=O)O.CCOC(=O)/C(C)=C/[C@H](C(C)C)N(C)C(=O)C(NC(=O)C1CC(C)CCN1C)C(C)(C)C.CCOC(=O)/C(C)=C/[C@H](C(C)C)N(C)C(=O)C(NC(=O)C1CC(C)CCN1C)C(C)(C)C.O.[Li+].[OH-]. The Morgan fingerprint density at radius 1 is 0.474 bits per heavy atom. The molecule has 3 fully saturated rings. The molecule has 0 aliphatic carbocycles. The van der Waals surface area contributed by atoms with E-state index in [9.17, 15) is 48.3 Å². The van der Waals surface area contributed by atoms with Crippen LogP contribution in [0.25, 0.3) is 0 Å². The van der Waals surface area contributed by atoms with Gasteiger partial charge in [0.15, 0.2) is 0 Å². The quantitative estimate of drug-likeness (QED) is 0.0577. The number of esters is 2. The molecular weight excluding hydrogens is 1230 g/mol. The molecule has 0 saturated carbocycles. The molecule has 3 aliphatic heterocycles. The number of piperidine rings is 3. The fourth-order valence-corrected chi connectivity index (χ4v) is 12.1. The van der Waals surface area contributed by atoms with Gasteiger partial charge in [-0.25, -0.2) is 14.4 Å². The monoisotopic (exact) mass is 1370 g/mol. The van der Waals surface area contributed by atoms with Gasteiger partial charge < -0.3 is 56.2 Å². The van der Waals surface area contributed by atoms with Crippen molar-refractivity contribution in [3.8, 4) is 0 Å². The van der Waals surface area contributed by atoms with Gasteiger partial charge in [0.25, 0.3) is 0 Å². The van der Waals surface area contributed by atoms with Crippen molar-refractivity contribution in [3.05, 3.63) is 34.9 Å². The predicted octanol–water partition coefficient (Wildman–Crippen LogP) is 5.24. The van der Waals surface area contributed by atoms with E-state index in [1.807, 2.05) is 125 Å². The van der Waals surface area contributed by atoms with E-state index >= 15 is 0 Å². The molecule has 12 atom stereocenters. The maximum Gasteiger partial charge on any atom is 1.00 e. The molecule has 3 saturated heterocycles. The molecule has 0 aromatic rings. The van der Waals surface area contributed by atoms with Crippen molar-refractivity contribution in [2.75, 3.05) is 75.1 Å². The number of nitrogens with zero attached hydrogens (tertiary/aromatic N) is 6. The topological polar surface area (TPSA) is 309 Å². The number of likely N-dealkylation sites (N-methyl/N-ethyl adjacent to an activating group) is 6. The summed E-state index contributed by atoms with van der Waals surface area (Å²) in [6.45, 7) is 47.6. The molecule has 97 heavy (non-hydrogen) atoms. The summed E-state index contributed by atoms with van der Waals surface area (Å²) in [6.07, 6.45) is 10.8. The van der Waals surface area contributed by atoms with Gasteiger partial charge in [0.1, 0.15) is 18.1 Å². The Balaban J connectivity index is -0.00000135. The van der Waals surface area contributed by atoms with E-state index in [1.54, 1.807) is 81.8 Å². The van der Waals surface area contributed by atoms with Crippen LogP contribution in [0.15, 0.2) is 34.9 Å². The molecular formula is C73H134LiN9O14. The average Bonchev–Trinajstić information content (AvgIpc) is 0.845. The van der Waals surface area contributed by atoms with Crippen molar-refractivity contribution >= 4 is 53.4 Å². The summed E-state index contributed by atoms with van der Waals surface area (Å²) in [7, 11) is 11.0. The maximum absolute atomic E-state index is 13.6. The zero-order valence-corrected chi connectivity index (χ0v) is 65.7. The van der Waals surface area contributed by atoms with Gasteiger partial charge in [-0.05, 0) is 166 Å². The third-order valence-corrected chi connectivity index (χ3v) is 18.7. The van der Waals surface area contributed by atoms with Crippen LogP contribution in [0, 0.1) is 51.8 Å². The predicted molar refractivity (Wildman–Crippen MR) is 381 cm³/mol. The molecule has 3 aliphatic rings. The van der Waals surface area contributed by atoms with Crippen molar-refractivity contribution < 1.29 is 87.5 Å². The molecule has 0 bridgehead atoms. The first-order valence-electron chi connectivity index (χ1n) is 34.5. The van der Waals surface area contributed by atoms with E-state index in [0.29, 0.717) is 42.1 Å². The molecule has 3 rings (SSSR count). The van der Waals surface area contributed by atoms with Crippen molar-refractivity contribution in [2.45, 2.75) is 252 Å². The molecule has 0 aromatic carbocycles. The third-order valence-electron chi connectivity index (χ3n) is 18.7. The van der Waals surface area contributed by atoms with Gasteiger partial charge in [-0.15, -0.1) is 0 Å². The largest absolute Gasteiger partial charge is 1.00 e. The Morgan fingerprint density at radius 2 is 0.691 bits per heavy atom. The molecule has 556 valence electrons. The molecule has 9 unspecified atom stereocenters. The van der Waals surface area contributed by atoms with Gasteiger partial charge in [-0.3, -0.25) is 43.5 Å². The molecule has 0 spiro atoms. The van der Waals surface area contributed by atoms with Crippen LogP contribution in [0.5, 0.6) is 0 Å². The third kappa shape index (κ3) is 30.3. The second-order valence-corrected chi connectivity index (χ2v) is 31.6. The molecule has 6 amide bonds. The van der Waals surface area contributed by atoms with Crippen LogP contribution in [0.4, 0.5) is 0 Å². The average molecular weight is 1370 g/mol. The molecule has 3 heterocycles. The van der Waals surface area contributed by atoms with Crippen LogP contribution >= 0.6 is 0 Å². The van der Waals surface area contributed by atoms with Crippen LogP contribution in [0.2, 0.25) is 0 Å². The molecule has 0 aromatic heterocycles. The van der Waals surface area contributed by atoms with E-state index in [2.05, 4.69) is 51.4 Å². The van der Waals surface area contributed by atoms with Gasteiger partial charge in [0, 0.05) is 37.9 Å². The number of nitrogens with one attached hydrogen (secondary N) is 3. The second-order valence-electron chi connectivity index (χ2n) is 31.6. The Bertz CT molecular complexity index is 2510. The second kappa shape index (κ2) is 42.8. The number of amides is 6. The van der Waals surface area contributed by atoms with Gasteiger partial charge in [-0.1, -0.05) is 143 Å². The van der Waals surface area contributed by atoms with Crippen molar-refractivity contribution in [1.82, 2.24) is 45.3 Å². The molecule has 7 N–H and O–H groups in total. The van der Waals surface area contributed by atoms with E-state index in [-0.39, 0.29) is 137 Å². The van der Waals surface area contributed by atoms with Crippen LogP contribution in [0.3, 0.4) is 0 Å². The zero-order chi connectivity index (χ0) is 73.0. The van der Waals surface area contributed by atoms with Crippen LogP contribution in [-0.4, -0.2) is 228 Å². The molecule has 0 radical (unpaired) electrons. The van der Waals surface area contributed by atoms with E-state index < -0.39 is 40.3 Å². The summed E-state index contributed by atoms with van der Waals surface area (Å²) >= 11 is 0. The van der Waals surface area contributed by atoms with Crippen LogP contribution in [0.1, 0.15) is 198 Å². The number of likely N-dealkylation sites (tertiary alicyclic amines) is 3. The maximum atomic E-state index is 13.6. The number of rotatable bonds is 23. The fourth-order valence-electron chi connectivity index (χ4n) is 12.1. The number of aliphatic carboxylic acids is 1. The minimum absolute atomic E-state index is 0. The standard InChI is InChI=1S/2C25H45N3O4.C23H41N3O4.Li.2H2O/c2*1-11-32-24(31)18(5)15-19(16(2)3)28(10)23(30)21(25(6,7)8)26-22(29)20-14-17(4)12-13-27(20)9;1-14(2)17(13-16(4)22(29)30)26(9)21(28)19(23(5,6)7)24-20(27)18-12-15(3)10-11-25(18)8;;;/h2*15-17,19-21H,11-14H2,1-10H3,(H,26,29);13-15,17-19H,10-12H2,1-9H3,(H,24,27)(H,29,30);;2*1H2/q;;;+1;;/p-1/b2*18-15+;16-13+;;;/t2*17?,19-,20?,21?;15?,17-,18?,19?;;;/m111.../s1. The number of carbonyl (C=O) groups excluding carboxylic acids is 8. The Kier molecular flexibility index (Phi) is 42.4. The van der Waals surface area contributed by atoms with Crippen molar-refractivity contribution in [1.29, 1.82) is 0 Å². The molecule has 23 nitrogen and oxygen atoms in total. The summed E-state index contributed by atoms with van der Waals surface area (Å²) in [4.78, 5) is 127. The number of hydrogen-bond donors (Lipinski definition) is 4. The zero-order valence-electron chi connectivity index (χ0n) is 65.7. The number of carboxylic acid groups (broad SMARTS) is 1. The molecule has 24 heteroatoms. The van der Waals surface area contributed by atoms with E-state index in [1.165, 1.54) is 6.92 Å². The van der Waals surface area contributed by atoms with Crippen molar-refractivity contribution in [2.24, 2.45) is 51.8 Å². The Morgan fingerprint density at radius 3 is 0.876 bits per heavy atom. The fraction of sp³-hybridized carbons (Fsp3) is 0.795. The van der Waals surface area contributed by atoms with Crippen LogP contribution < -0.4 is 34.8 Å². The minimum Gasteiger partial charge on any atom is -0.870 e. The first-order valence-corrected chi connectivity index (χ1v) is 34.5. The van der Waals surface area contributed by atoms with Gasteiger partial charge in [-0.2, -0.15) is 0 Å². The first kappa shape index (κ1) is 96.0. The summed E-state index contributed by atoms with van der Waals surface area (Å²) in [6, 6.07) is -3.74. The van der Waals surface area contributed by atoms with Gasteiger partial charge >= 0.3 is 36.8 Å². The number of carboxylic acids is 1. The summed E-state index contributed by atoms with van der Waals surface area (Å²) in [5.74, 6) is -1.00. The summed E-state index contributed by atoms with van der Waals surface area (Å²) in [5.41, 5.74) is -0.295. The normalized spacial score (nSPS) is 21.8. The minimum atomic E-state index is -1.00. The van der Waals surface area contributed by atoms with Crippen molar-refractivity contribution in [3.63, 3.8) is 0 Å². The summed E-state index contributed by atoms with van der Waals surface area (Å²) < 4.78 is 10.2. The van der Waals surface area contributed by atoms with E-state index in [4.69, 9.17) is 9.47 Å². The van der Waals surface area contributed by atoms with E-state index in [0.717, 1.165) is 58.2 Å². The smallest absolute Gasteiger partial charge is 0.870 e. The number of carbonyl (C=O) groups is 9. The summed E-state index contributed by atoms with van der Waals surface area (Å²) in [5, 5.41) is 18.4. The Hall–Kier alpha value is -5.15. The van der Waals surface area contributed by atoms with Gasteiger partial charge in [0.2, 0.25) is 35.4 Å². The van der Waals surface area contributed by atoms with Crippen LogP contribution in [-0.2, 0) is 52.6 Å². The number of ether oxygens (including phenoxy) is 2. The van der Waals surface area contributed by atoms with Gasteiger partial charge in [0.05, 0.1) is 49.5 Å². The Labute approximate surface area is 597 Å². The first-order chi connectivity index (χ1) is 43.1.